The third-order valence-electron chi connectivity index (χ3n) is 4.97. The van der Waals surface area contributed by atoms with Gasteiger partial charge in [-0.25, -0.2) is 8.42 Å². The molecule has 0 saturated carbocycles. The molecular formula is C21H21F3N2O5S. The van der Waals surface area contributed by atoms with Crippen molar-refractivity contribution in [2.75, 3.05) is 33.3 Å². The summed E-state index contributed by atoms with van der Waals surface area (Å²) in [5.41, 5.74) is -0.415. The maximum absolute atomic E-state index is 12.9. The zero-order chi connectivity index (χ0) is 23.5. The first kappa shape index (κ1) is 23.6. The average Bonchev–Trinajstić information content (AvgIpc) is 2.78. The molecule has 172 valence electrons. The van der Waals surface area contributed by atoms with E-state index in [1.165, 1.54) is 30.2 Å². The SMILES string of the molecule is COc1cc(/C=C/C(=O)N2CCN(S(=O)(=O)c3cccc(C(F)(F)F)c3)CC2)ccc1O. The molecule has 1 aliphatic rings. The minimum atomic E-state index is -4.65. The lowest BCUT2D eigenvalue weighted by Crippen LogP contribution is -2.50. The van der Waals surface area contributed by atoms with Gasteiger partial charge in [-0.05, 0) is 42.0 Å². The van der Waals surface area contributed by atoms with Crippen LogP contribution in [-0.4, -0.2) is 61.9 Å². The molecule has 1 heterocycles. The van der Waals surface area contributed by atoms with E-state index in [-0.39, 0.29) is 43.6 Å². The van der Waals surface area contributed by atoms with Gasteiger partial charge in [-0.3, -0.25) is 4.79 Å². The highest BCUT2D eigenvalue weighted by atomic mass is 32.2. The van der Waals surface area contributed by atoms with Crippen molar-refractivity contribution in [2.24, 2.45) is 0 Å². The van der Waals surface area contributed by atoms with Gasteiger partial charge in [0.25, 0.3) is 0 Å². The van der Waals surface area contributed by atoms with Crippen molar-refractivity contribution < 1.29 is 36.2 Å². The number of carbonyl (C=O) groups is 1. The molecule has 11 heteroatoms. The fourth-order valence-corrected chi connectivity index (χ4v) is 4.67. The monoisotopic (exact) mass is 470 g/mol. The summed E-state index contributed by atoms with van der Waals surface area (Å²) < 4.78 is 70.3. The molecule has 0 unspecified atom stereocenters. The number of amides is 1. The zero-order valence-electron chi connectivity index (χ0n) is 17.0. The number of sulfonamides is 1. The molecule has 1 fully saturated rings. The molecule has 0 spiro atoms. The van der Waals surface area contributed by atoms with Crippen LogP contribution in [0.3, 0.4) is 0 Å². The lowest BCUT2D eigenvalue weighted by Gasteiger charge is -2.33. The van der Waals surface area contributed by atoms with E-state index in [0.29, 0.717) is 11.6 Å². The predicted octanol–water partition coefficient (Wildman–Crippen LogP) is 2.97. The number of hydrogen-bond acceptors (Lipinski definition) is 5. The van der Waals surface area contributed by atoms with E-state index in [0.717, 1.165) is 22.5 Å². The highest BCUT2D eigenvalue weighted by molar-refractivity contribution is 7.89. The standard InChI is InChI=1S/C21H21F3N2O5S/c1-31-19-13-15(5-7-18(19)27)6-8-20(28)25-9-11-26(12-10-25)32(29,30)17-4-2-3-16(14-17)21(22,23)24/h2-8,13-14,27H,9-12H2,1H3/b8-6+. The minimum absolute atomic E-state index is 0.0333. The van der Waals surface area contributed by atoms with Gasteiger partial charge in [-0.2, -0.15) is 17.5 Å². The molecule has 0 aliphatic carbocycles. The Morgan fingerprint density at radius 1 is 1.09 bits per heavy atom. The summed E-state index contributed by atoms with van der Waals surface area (Å²) in [6.45, 7) is 0.122. The molecule has 0 atom stereocenters. The lowest BCUT2D eigenvalue weighted by molar-refractivity contribution is -0.137. The van der Waals surface area contributed by atoms with Gasteiger partial charge >= 0.3 is 6.18 Å². The Hall–Kier alpha value is -3.05. The number of hydrogen-bond donors (Lipinski definition) is 1. The predicted molar refractivity (Wildman–Crippen MR) is 110 cm³/mol. The van der Waals surface area contributed by atoms with Crippen molar-refractivity contribution >= 4 is 22.0 Å². The van der Waals surface area contributed by atoms with Crippen molar-refractivity contribution in [1.82, 2.24) is 9.21 Å². The summed E-state index contributed by atoms with van der Waals surface area (Å²) in [6.07, 6.45) is -1.79. The van der Waals surface area contributed by atoms with Crippen molar-refractivity contribution in [1.29, 1.82) is 0 Å². The van der Waals surface area contributed by atoms with E-state index in [2.05, 4.69) is 0 Å². The number of nitrogens with zero attached hydrogens (tertiary/aromatic N) is 2. The summed E-state index contributed by atoms with van der Waals surface area (Å²) in [4.78, 5) is 13.5. The normalized spacial score (nSPS) is 15.8. The quantitative estimate of drug-likeness (QED) is 0.679. The second-order valence-electron chi connectivity index (χ2n) is 7.02. The van der Waals surface area contributed by atoms with Crippen molar-refractivity contribution in [3.63, 3.8) is 0 Å². The van der Waals surface area contributed by atoms with Gasteiger partial charge in [-0.1, -0.05) is 12.1 Å². The molecule has 2 aromatic rings. The first-order valence-electron chi connectivity index (χ1n) is 9.54. The number of rotatable bonds is 5. The van der Waals surface area contributed by atoms with Crippen LogP contribution in [0, 0.1) is 0 Å². The molecule has 2 aromatic carbocycles. The van der Waals surface area contributed by atoms with Crippen LogP contribution < -0.4 is 4.74 Å². The van der Waals surface area contributed by atoms with Crippen LogP contribution in [0.5, 0.6) is 11.5 Å². The number of methoxy groups -OCH3 is 1. The van der Waals surface area contributed by atoms with Gasteiger partial charge in [0.15, 0.2) is 11.5 Å². The number of halogens is 3. The number of carbonyl (C=O) groups excluding carboxylic acids is 1. The molecule has 7 nitrogen and oxygen atoms in total. The van der Waals surface area contributed by atoms with Crippen LogP contribution in [0.15, 0.2) is 53.4 Å². The molecule has 0 bridgehead atoms. The Bertz CT molecular complexity index is 1120. The maximum Gasteiger partial charge on any atom is 0.416 e. The highest BCUT2D eigenvalue weighted by Gasteiger charge is 2.34. The van der Waals surface area contributed by atoms with Gasteiger partial charge in [0.05, 0.1) is 17.6 Å². The molecular weight excluding hydrogens is 449 g/mol. The number of ether oxygens (including phenoxy) is 1. The highest BCUT2D eigenvalue weighted by Crippen LogP contribution is 2.31. The van der Waals surface area contributed by atoms with Gasteiger partial charge < -0.3 is 14.7 Å². The Morgan fingerprint density at radius 3 is 2.41 bits per heavy atom. The van der Waals surface area contributed by atoms with E-state index in [9.17, 15) is 31.5 Å². The average molecular weight is 470 g/mol. The Labute approximate surface area is 183 Å². The Balaban J connectivity index is 1.65. The van der Waals surface area contributed by atoms with E-state index in [4.69, 9.17) is 4.74 Å². The third-order valence-corrected chi connectivity index (χ3v) is 6.87. The Kier molecular flexibility index (Phi) is 6.79. The molecule has 1 N–H and O–H groups in total. The molecule has 1 amide bonds. The van der Waals surface area contributed by atoms with Crippen LogP contribution >= 0.6 is 0 Å². The van der Waals surface area contributed by atoms with Crippen LogP contribution in [0.1, 0.15) is 11.1 Å². The summed E-state index contributed by atoms with van der Waals surface area (Å²) in [5.74, 6) is -0.116. The van der Waals surface area contributed by atoms with Crippen LogP contribution in [0.4, 0.5) is 13.2 Å². The first-order valence-corrected chi connectivity index (χ1v) is 11.0. The summed E-state index contributed by atoms with van der Waals surface area (Å²) >= 11 is 0. The van der Waals surface area contributed by atoms with Crippen molar-refractivity contribution in [3.8, 4) is 11.5 Å². The number of alkyl halides is 3. The topological polar surface area (TPSA) is 87.2 Å². The fourth-order valence-electron chi connectivity index (χ4n) is 3.20. The van der Waals surface area contributed by atoms with E-state index in [1.54, 1.807) is 12.1 Å². The summed E-state index contributed by atoms with van der Waals surface area (Å²) in [5, 5.41) is 9.61. The number of phenols is 1. The second kappa shape index (κ2) is 9.21. The lowest BCUT2D eigenvalue weighted by atomic mass is 10.2. The van der Waals surface area contributed by atoms with E-state index >= 15 is 0 Å². The number of piperazine rings is 1. The van der Waals surface area contributed by atoms with Crippen molar-refractivity contribution in [3.05, 3.63) is 59.7 Å². The van der Waals surface area contributed by atoms with Crippen molar-refractivity contribution in [2.45, 2.75) is 11.1 Å². The minimum Gasteiger partial charge on any atom is -0.504 e. The zero-order valence-corrected chi connectivity index (χ0v) is 17.9. The molecule has 3 rings (SSSR count). The molecule has 1 saturated heterocycles. The van der Waals surface area contributed by atoms with E-state index < -0.39 is 26.7 Å². The first-order chi connectivity index (χ1) is 15.0. The molecule has 32 heavy (non-hydrogen) atoms. The third kappa shape index (κ3) is 5.22. The van der Waals surface area contributed by atoms with Crippen LogP contribution in [0.25, 0.3) is 6.08 Å². The summed E-state index contributed by atoms with van der Waals surface area (Å²) in [6, 6.07) is 8.18. The largest absolute Gasteiger partial charge is 0.504 e. The molecule has 0 aromatic heterocycles. The van der Waals surface area contributed by atoms with Gasteiger partial charge in [0.1, 0.15) is 0 Å². The number of aromatic hydroxyl groups is 1. The van der Waals surface area contributed by atoms with Crippen LogP contribution in [0.2, 0.25) is 0 Å². The van der Waals surface area contributed by atoms with E-state index in [1.807, 2.05) is 0 Å². The number of phenolic OH excluding ortho intramolecular Hbond substituents is 1. The maximum atomic E-state index is 12.9. The molecule has 0 radical (unpaired) electrons. The van der Waals surface area contributed by atoms with Gasteiger partial charge in [0.2, 0.25) is 15.9 Å². The van der Waals surface area contributed by atoms with Gasteiger partial charge in [-0.15, -0.1) is 0 Å². The Morgan fingerprint density at radius 2 is 1.78 bits per heavy atom. The summed E-state index contributed by atoms with van der Waals surface area (Å²) in [7, 11) is -2.72. The second-order valence-corrected chi connectivity index (χ2v) is 8.96. The molecule has 1 aliphatic heterocycles. The smallest absolute Gasteiger partial charge is 0.416 e. The fraction of sp³-hybridized carbons (Fsp3) is 0.286. The number of benzene rings is 2. The van der Waals surface area contributed by atoms with Gasteiger partial charge in [0, 0.05) is 32.3 Å². The van der Waals surface area contributed by atoms with Crippen LogP contribution in [-0.2, 0) is 21.0 Å².